The summed E-state index contributed by atoms with van der Waals surface area (Å²) < 4.78 is 35.5. The van der Waals surface area contributed by atoms with Crippen molar-refractivity contribution in [3.8, 4) is 0 Å². The van der Waals surface area contributed by atoms with Crippen LogP contribution in [0.1, 0.15) is 26.7 Å². The van der Waals surface area contributed by atoms with Gasteiger partial charge in [-0.1, -0.05) is 13.8 Å². The zero-order chi connectivity index (χ0) is 11.9. The molecule has 0 aromatic heterocycles. The second-order valence-corrected chi connectivity index (χ2v) is 3.26. The van der Waals surface area contributed by atoms with Crippen LogP contribution in [0.4, 0.5) is 18.0 Å². The van der Waals surface area contributed by atoms with Crippen LogP contribution in [-0.4, -0.2) is 36.7 Å². The Hall–Kier alpha value is -0.940. The molecule has 6 heteroatoms. The second kappa shape index (κ2) is 6.53. The molecule has 1 N–H and O–H groups in total. The Bertz CT molecular complexity index is 188. The fraction of sp³-hybridized carbons (Fsp3) is 0.889. The van der Waals surface area contributed by atoms with Crippen molar-refractivity contribution in [3.63, 3.8) is 0 Å². The predicted octanol–water partition coefficient (Wildman–Crippen LogP) is 2.38. The number of hydrogen-bond acceptors (Lipinski definition) is 1. The minimum absolute atomic E-state index is 0.484. The van der Waals surface area contributed by atoms with E-state index in [2.05, 4.69) is 0 Å². The van der Waals surface area contributed by atoms with Gasteiger partial charge in [0.05, 0.1) is 0 Å². The first-order valence-electron chi connectivity index (χ1n) is 5.00. The minimum Gasteiger partial charge on any atom is -0.329 e. The molecule has 0 aliphatic rings. The van der Waals surface area contributed by atoms with Crippen LogP contribution in [0, 0.1) is 0 Å². The van der Waals surface area contributed by atoms with Gasteiger partial charge < -0.3 is 10.2 Å². The Morgan fingerprint density at radius 3 is 2.00 bits per heavy atom. The number of rotatable bonds is 5. The van der Waals surface area contributed by atoms with E-state index in [9.17, 15) is 18.0 Å². The molecule has 0 saturated heterocycles. The summed E-state index contributed by atoms with van der Waals surface area (Å²) in [5.74, 6) is 0. The molecule has 0 fully saturated rings. The summed E-state index contributed by atoms with van der Waals surface area (Å²) in [6.45, 7) is 3.45. The number of hydrogen-bond donors (Lipinski definition) is 1. The van der Waals surface area contributed by atoms with Crippen LogP contribution in [0.2, 0.25) is 0 Å². The smallest absolute Gasteiger partial charge is 0.329 e. The largest absolute Gasteiger partial charge is 0.405 e. The quantitative estimate of drug-likeness (QED) is 0.767. The summed E-state index contributed by atoms with van der Waals surface area (Å²) in [5.41, 5.74) is 0. The highest BCUT2D eigenvalue weighted by Crippen LogP contribution is 2.12. The van der Waals surface area contributed by atoms with E-state index in [1.54, 1.807) is 0 Å². The molecule has 0 spiro atoms. The maximum Gasteiger partial charge on any atom is 0.405 e. The molecule has 0 unspecified atom stereocenters. The van der Waals surface area contributed by atoms with Crippen LogP contribution in [0.15, 0.2) is 0 Å². The molecule has 0 bridgehead atoms. The van der Waals surface area contributed by atoms with E-state index in [4.69, 9.17) is 0 Å². The summed E-state index contributed by atoms with van der Waals surface area (Å²) in [4.78, 5) is 12.7. The number of carbonyl (C=O) groups is 1. The van der Waals surface area contributed by atoms with Gasteiger partial charge in [0.1, 0.15) is 6.54 Å². The fourth-order valence-corrected chi connectivity index (χ4v) is 1.14. The Labute approximate surface area is 87.6 Å². The van der Waals surface area contributed by atoms with Gasteiger partial charge in [-0.3, -0.25) is 0 Å². The van der Waals surface area contributed by atoms with Crippen molar-refractivity contribution >= 4 is 6.03 Å². The Kier molecular flexibility index (Phi) is 6.12. The highest BCUT2D eigenvalue weighted by molar-refractivity contribution is 5.74. The summed E-state index contributed by atoms with van der Waals surface area (Å²) >= 11 is 0. The number of amides is 2. The lowest BCUT2D eigenvalue weighted by atomic mass is 10.4. The summed E-state index contributed by atoms with van der Waals surface area (Å²) in [6.07, 6.45) is -2.88. The maximum atomic E-state index is 11.8. The molecule has 15 heavy (non-hydrogen) atoms. The molecule has 0 aromatic rings. The van der Waals surface area contributed by atoms with Gasteiger partial charge >= 0.3 is 12.2 Å². The lowest BCUT2D eigenvalue weighted by Gasteiger charge is -2.22. The van der Waals surface area contributed by atoms with Gasteiger partial charge in [-0.05, 0) is 12.8 Å². The van der Waals surface area contributed by atoms with Gasteiger partial charge in [-0.15, -0.1) is 0 Å². The standard InChI is InChI=1S/C9H17F3N2O/c1-3-5-14(6-4-2)8(15)13-7-9(10,11)12/h3-7H2,1-2H3,(H,13,15). The van der Waals surface area contributed by atoms with Gasteiger partial charge in [0.2, 0.25) is 0 Å². The third-order valence-electron chi connectivity index (χ3n) is 1.71. The molecule has 0 aliphatic heterocycles. The summed E-state index contributed by atoms with van der Waals surface area (Å²) in [6, 6.07) is -0.643. The van der Waals surface area contributed by atoms with Crippen molar-refractivity contribution in [1.29, 1.82) is 0 Å². The number of nitrogens with zero attached hydrogens (tertiary/aromatic N) is 1. The van der Waals surface area contributed by atoms with Gasteiger partial charge in [-0.25, -0.2) is 4.79 Å². The highest BCUT2D eigenvalue weighted by Gasteiger charge is 2.28. The molecule has 0 heterocycles. The molecule has 90 valence electrons. The molecule has 0 atom stereocenters. The lowest BCUT2D eigenvalue weighted by molar-refractivity contribution is -0.123. The summed E-state index contributed by atoms with van der Waals surface area (Å²) in [7, 11) is 0. The Morgan fingerprint density at radius 1 is 1.20 bits per heavy atom. The molecule has 0 radical (unpaired) electrons. The number of urea groups is 1. The van der Waals surface area contributed by atoms with Crippen molar-refractivity contribution in [1.82, 2.24) is 10.2 Å². The topological polar surface area (TPSA) is 32.3 Å². The number of carbonyl (C=O) groups excluding carboxylic acids is 1. The number of alkyl halides is 3. The van der Waals surface area contributed by atoms with Crippen LogP contribution >= 0.6 is 0 Å². The first-order chi connectivity index (χ1) is 6.90. The number of halogens is 3. The van der Waals surface area contributed by atoms with Crippen LogP contribution in [0.3, 0.4) is 0 Å². The van der Waals surface area contributed by atoms with E-state index in [-0.39, 0.29) is 0 Å². The lowest BCUT2D eigenvalue weighted by Crippen LogP contribution is -2.44. The third kappa shape index (κ3) is 7.04. The van der Waals surface area contributed by atoms with Gasteiger partial charge in [0.15, 0.2) is 0 Å². The predicted molar refractivity (Wildman–Crippen MR) is 51.6 cm³/mol. The molecule has 2 amide bonds. The SMILES string of the molecule is CCCN(CCC)C(=O)NCC(F)(F)F. The van der Waals surface area contributed by atoms with Gasteiger partial charge in [0, 0.05) is 13.1 Å². The van der Waals surface area contributed by atoms with E-state index in [0.29, 0.717) is 13.1 Å². The molecular formula is C9H17F3N2O. The highest BCUT2D eigenvalue weighted by atomic mass is 19.4. The zero-order valence-corrected chi connectivity index (χ0v) is 9.02. The number of nitrogens with one attached hydrogen (secondary N) is 1. The summed E-state index contributed by atoms with van der Waals surface area (Å²) in [5, 5.41) is 1.85. The molecule has 3 nitrogen and oxygen atoms in total. The van der Waals surface area contributed by atoms with Gasteiger partial charge in [0.25, 0.3) is 0 Å². The molecule has 0 rings (SSSR count). The van der Waals surface area contributed by atoms with Crippen molar-refractivity contribution in [2.75, 3.05) is 19.6 Å². The van der Waals surface area contributed by atoms with Crippen LogP contribution in [0.5, 0.6) is 0 Å². The first kappa shape index (κ1) is 14.1. The maximum absolute atomic E-state index is 11.8. The molecular weight excluding hydrogens is 209 g/mol. The van der Waals surface area contributed by atoms with Crippen LogP contribution in [-0.2, 0) is 0 Å². The second-order valence-electron chi connectivity index (χ2n) is 3.26. The Morgan fingerprint density at radius 2 is 1.67 bits per heavy atom. The van der Waals surface area contributed by atoms with Crippen LogP contribution < -0.4 is 5.32 Å². The van der Waals surface area contributed by atoms with E-state index >= 15 is 0 Å². The van der Waals surface area contributed by atoms with E-state index in [1.807, 2.05) is 19.2 Å². The van der Waals surface area contributed by atoms with E-state index in [0.717, 1.165) is 12.8 Å². The normalized spacial score (nSPS) is 11.3. The molecule has 0 saturated carbocycles. The third-order valence-corrected chi connectivity index (χ3v) is 1.71. The van der Waals surface area contributed by atoms with Crippen molar-refractivity contribution < 1.29 is 18.0 Å². The average molecular weight is 226 g/mol. The Balaban J connectivity index is 4.02. The monoisotopic (exact) mass is 226 g/mol. The van der Waals surface area contributed by atoms with Crippen molar-refractivity contribution in [2.24, 2.45) is 0 Å². The van der Waals surface area contributed by atoms with E-state index in [1.165, 1.54) is 4.90 Å². The van der Waals surface area contributed by atoms with Crippen molar-refractivity contribution in [3.05, 3.63) is 0 Å². The molecule has 0 aromatic carbocycles. The fourth-order valence-electron chi connectivity index (χ4n) is 1.14. The zero-order valence-electron chi connectivity index (χ0n) is 9.02. The first-order valence-corrected chi connectivity index (χ1v) is 5.00. The van der Waals surface area contributed by atoms with E-state index < -0.39 is 18.8 Å². The average Bonchev–Trinajstić information content (AvgIpc) is 2.13. The van der Waals surface area contributed by atoms with Crippen LogP contribution in [0.25, 0.3) is 0 Å². The van der Waals surface area contributed by atoms with Gasteiger partial charge in [-0.2, -0.15) is 13.2 Å². The minimum atomic E-state index is -4.35. The molecule has 0 aliphatic carbocycles. The van der Waals surface area contributed by atoms with Crippen molar-refractivity contribution in [2.45, 2.75) is 32.9 Å².